The predicted molar refractivity (Wildman–Crippen MR) is 211 cm³/mol. The van der Waals surface area contributed by atoms with Crippen LogP contribution in [0.3, 0.4) is 0 Å². The normalized spacial score (nSPS) is 11.5. The minimum absolute atomic E-state index is 0. The van der Waals surface area contributed by atoms with Gasteiger partial charge in [0.1, 0.15) is 50.6 Å². The molecule has 0 heterocycles. The number of phenols is 4. The zero-order chi connectivity index (χ0) is 41.4. The van der Waals surface area contributed by atoms with Gasteiger partial charge in [0.05, 0.1) is 14.8 Å². The fourth-order valence-corrected chi connectivity index (χ4v) is 7.25. The summed E-state index contributed by atoms with van der Waals surface area (Å²) in [6, 6.07) is 23.6. The Kier molecular flexibility index (Phi) is 17.0. The maximum absolute atomic E-state index is 11.7. The number of aromatic hydroxyl groups is 4. The van der Waals surface area contributed by atoms with Gasteiger partial charge in [0.25, 0.3) is 15.8 Å². The second-order valence-electron chi connectivity index (χ2n) is 11.8. The smallest absolute Gasteiger partial charge is 0.506 e. The van der Waals surface area contributed by atoms with Crippen LogP contribution in [-0.2, 0) is 37.5 Å². The zero-order valence-corrected chi connectivity index (χ0v) is 39.2. The zero-order valence-electron chi connectivity index (χ0n) is 30.8. The first kappa shape index (κ1) is 50.4. The van der Waals surface area contributed by atoms with Gasteiger partial charge in [0, 0.05) is 67.5 Å². The number of nitrogens with zero attached hydrogens (tertiary/aromatic N) is 5. The summed E-state index contributed by atoms with van der Waals surface area (Å²) in [5, 5.41) is 75.3. The Labute approximate surface area is 404 Å². The summed E-state index contributed by atoms with van der Waals surface area (Å²) in [4.78, 5) is 9.42. The summed E-state index contributed by atoms with van der Waals surface area (Å²) in [5.74, 6) is -1.33. The molecule has 0 aliphatic heterocycles. The van der Waals surface area contributed by atoms with Gasteiger partial charge in [-0.05, 0) is 60.0 Å². The van der Waals surface area contributed by atoms with Crippen LogP contribution in [0, 0.1) is 10.1 Å². The van der Waals surface area contributed by atoms with Gasteiger partial charge in [0.15, 0.2) is 0 Å². The predicted octanol–water partition coefficient (Wildman–Crippen LogP) is 3.60. The van der Waals surface area contributed by atoms with E-state index >= 15 is 0 Å². The summed E-state index contributed by atoms with van der Waals surface area (Å²) < 4.78 is 55.9. The molecule has 7 aromatic carbocycles. The quantitative estimate of drug-likeness (QED) is 0.0441. The molecule has 0 fully saturated rings. The first-order chi connectivity index (χ1) is 26.8. The van der Waals surface area contributed by atoms with Crippen molar-refractivity contribution >= 4 is 104 Å². The second-order valence-corrected chi connectivity index (χ2v) is 15.6. The molecule has 296 valence electrons. The average Bonchev–Trinajstić information content (AvgIpc) is 3.15. The Morgan fingerprint density at radius 2 is 1.17 bits per heavy atom. The van der Waals surface area contributed by atoms with E-state index in [0.717, 1.165) is 41.8 Å². The number of nitro groups is 1. The van der Waals surface area contributed by atoms with E-state index in [9.17, 15) is 51.9 Å². The number of azo groups is 2. The number of halogens is 2. The number of sulfonamides is 1. The maximum Gasteiger partial charge on any atom is 1.00 e. The van der Waals surface area contributed by atoms with Crippen molar-refractivity contribution in [2.45, 2.75) is 9.79 Å². The number of non-ortho nitro benzene ring substituents is 1. The number of phenolic OH excluding ortho intramolecular Hbond substituents is 4. The van der Waals surface area contributed by atoms with Gasteiger partial charge in [-0.3, -0.25) is 14.7 Å². The molecular weight excluding hydrogens is 925 g/mol. The van der Waals surface area contributed by atoms with Crippen molar-refractivity contribution in [3.8, 4) is 23.0 Å². The molecule has 0 aliphatic carbocycles. The van der Waals surface area contributed by atoms with E-state index in [1.54, 1.807) is 48.5 Å². The third kappa shape index (κ3) is 10.9. The van der Waals surface area contributed by atoms with Gasteiger partial charge in [-0.1, -0.05) is 53.5 Å². The molecule has 7 N–H and O–H groups in total. The largest absolute Gasteiger partial charge is 1.00 e. The van der Waals surface area contributed by atoms with Gasteiger partial charge in [0.2, 0.25) is 10.0 Å². The molecule has 0 radical (unpaired) electrons. The fraction of sp³-hybridized carbons (Fsp3) is 0. The van der Waals surface area contributed by atoms with E-state index in [0.29, 0.717) is 21.2 Å². The summed E-state index contributed by atoms with van der Waals surface area (Å²) >= 11 is 12.3. The standard InChI is InChI=1S/C20H13N3O7S.C16H11Cl2N3O4S.Cr.2Na/c24-16-8-5-11-3-1-2-4-13(11)19(16)21-22-20-14-7-6-12(23(26)27)9-15(14)18(10-17(20)25)31(28,29)30;17-10-3-4-11(18)15-9(10)2-6-14(23)16(15)21-20-12-7-8(26(19,24)25)1-5-13(12)22;;;/h1-10,24-25H,(H,28,29,30);1-7,22-23H,(H2,19,24,25);;;/q;;;2*+1. The molecule has 0 saturated heterocycles. The average molecular weight is 950 g/mol. The van der Waals surface area contributed by atoms with Crippen molar-refractivity contribution in [2.24, 2.45) is 25.6 Å². The Morgan fingerprint density at radius 1 is 0.600 bits per heavy atom. The third-order valence-electron chi connectivity index (χ3n) is 8.21. The number of hydrogen-bond acceptors (Lipinski definition) is 14. The van der Waals surface area contributed by atoms with Crippen molar-refractivity contribution in [3.05, 3.63) is 123 Å². The van der Waals surface area contributed by atoms with Gasteiger partial charge in [-0.2, -0.15) is 8.42 Å². The fourth-order valence-electron chi connectivity index (χ4n) is 5.54. The molecular formula is C36H24Cl2CrN6Na2O11S2+2. The van der Waals surface area contributed by atoms with E-state index in [1.807, 2.05) is 0 Å². The van der Waals surface area contributed by atoms with Gasteiger partial charge in [-0.15, -0.1) is 20.5 Å². The molecule has 0 spiro atoms. The monoisotopic (exact) mass is 948 g/mol. The topological polar surface area (TPSA) is 288 Å². The molecule has 0 aromatic heterocycles. The van der Waals surface area contributed by atoms with Gasteiger partial charge < -0.3 is 20.4 Å². The summed E-state index contributed by atoms with van der Waals surface area (Å²) in [5.41, 5.74) is -0.616. The number of nitro benzene ring substituents is 1. The minimum Gasteiger partial charge on any atom is -0.506 e. The van der Waals surface area contributed by atoms with Crippen LogP contribution in [0.25, 0.3) is 32.3 Å². The number of hydrogen-bond donors (Lipinski definition) is 6. The van der Waals surface area contributed by atoms with Crippen LogP contribution in [-0.4, -0.2) is 46.7 Å². The van der Waals surface area contributed by atoms with E-state index < -0.39 is 41.4 Å². The Morgan fingerprint density at radius 3 is 1.82 bits per heavy atom. The van der Waals surface area contributed by atoms with Crippen molar-refractivity contribution in [2.75, 3.05) is 0 Å². The molecule has 0 saturated carbocycles. The number of benzene rings is 7. The van der Waals surface area contributed by atoms with E-state index in [1.165, 1.54) is 18.2 Å². The van der Waals surface area contributed by atoms with Crippen molar-refractivity contribution < 1.29 is 123 Å². The van der Waals surface area contributed by atoms with E-state index in [4.69, 9.17) is 28.3 Å². The summed E-state index contributed by atoms with van der Waals surface area (Å²) in [7, 11) is -8.79. The molecule has 0 bridgehead atoms. The molecule has 60 heavy (non-hydrogen) atoms. The minimum atomic E-state index is -4.81. The molecule has 0 amide bonds. The molecule has 0 atom stereocenters. The summed E-state index contributed by atoms with van der Waals surface area (Å²) in [6.07, 6.45) is 0. The van der Waals surface area contributed by atoms with Gasteiger partial charge >= 0.3 is 59.1 Å². The number of rotatable bonds is 7. The van der Waals surface area contributed by atoms with Crippen LogP contribution in [0.1, 0.15) is 0 Å². The first-order valence-corrected chi connectivity index (χ1v) is 19.5. The molecule has 7 rings (SSSR count). The number of fused-ring (bicyclic) bond motifs is 3. The first-order valence-electron chi connectivity index (χ1n) is 15.8. The Bertz CT molecular complexity index is 3110. The number of primary sulfonamides is 1. The third-order valence-corrected chi connectivity index (χ3v) is 10.7. The van der Waals surface area contributed by atoms with Crippen LogP contribution in [0.5, 0.6) is 23.0 Å². The molecule has 17 nitrogen and oxygen atoms in total. The molecule has 0 aliphatic rings. The van der Waals surface area contributed by atoms with Gasteiger partial charge in [-0.25, -0.2) is 13.6 Å². The van der Waals surface area contributed by atoms with Crippen LogP contribution >= 0.6 is 23.2 Å². The van der Waals surface area contributed by atoms with Crippen LogP contribution in [0.2, 0.25) is 10.0 Å². The van der Waals surface area contributed by atoms with E-state index in [2.05, 4.69) is 20.5 Å². The van der Waals surface area contributed by atoms with E-state index in [-0.39, 0.29) is 137 Å². The maximum atomic E-state index is 11.7. The van der Waals surface area contributed by atoms with Crippen LogP contribution in [0.15, 0.2) is 133 Å². The van der Waals surface area contributed by atoms with Crippen molar-refractivity contribution in [1.29, 1.82) is 0 Å². The molecule has 24 heteroatoms. The molecule has 0 unspecified atom stereocenters. The Hall–Kier alpha value is -3.95. The van der Waals surface area contributed by atoms with Crippen molar-refractivity contribution in [3.63, 3.8) is 0 Å². The molecule has 7 aromatic rings. The van der Waals surface area contributed by atoms with Crippen LogP contribution in [0.4, 0.5) is 28.4 Å². The summed E-state index contributed by atoms with van der Waals surface area (Å²) in [6.45, 7) is 0. The van der Waals surface area contributed by atoms with Crippen LogP contribution < -0.4 is 64.3 Å². The van der Waals surface area contributed by atoms with Crippen molar-refractivity contribution in [1.82, 2.24) is 0 Å². The second kappa shape index (κ2) is 20.3. The Balaban J connectivity index is 0.000000309. The number of nitrogens with two attached hydrogens (primary N) is 1. The SMILES string of the molecule is NS(=O)(=O)c1ccc(O)c(N=Nc2c(O)ccc3c(Cl)ccc(Cl)c23)c1.O=[N+]([O-])c1ccc2c(N=Nc3c(O)ccc4ccccc34)c(O)cc(S(=O)(=O)O)c2c1.[Cr].[Na+].[Na+].